The quantitative estimate of drug-likeness (QED) is 0.759. The molecule has 5 heteroatoms. The summed E-state index contributed by atoms with van der Waals surface area (Å²) >= 11 is 0. The van der Waals surface area contributed by atoms with Crippen molar-refractivity contribution >= 4 is 15.7 Å². The Hall–Kier alpha value is -2.14. The van der Waals surface area contributed by atoms with Gasteiger partial charge < -0.3 is 4.90 Å². The highest BCUT2D eigenvalue weighted by Crippen LogP contribution is 2.24. The highest BCUT2D eigenvalue weighted by Gasteiger charge is 2.27. The van der Waals surface area contributed by atoms with Crippen LogP contribution in [-0.4, -0.2) is 38.1 Å². The van der Waals surface area contributed by atoms with Crippen molar-refractivity contribution in [2.75, 3.05) is 12.8 Å². The monoisotopic (exact) mass is 385 g/mol. The summed E-state index contributed by atoms with van der Waals surface area (Å²) in [4.78, 5) is 15.1. The lowest BCUT2D eigenvalue weighted by atomic mass is 9.95. The van der Waals surface area contributed by atoms with E-state index >= 15 is 0 Å². The minimum Gasteiger partial charge on any atom is -0.336 e. The van der Waals surface area contributed by atoms with Crippen LogP contribution in [0, 0.1) is 0 Å². The molecule has 2 aromatic carbocycles. The van der Waals surface area contributed by atoms with Crippen LogP contribution >= 0.6 is 0 Å². The Bertz CT molecular complexity index is 877. The third-order valence-electron chi connectivity index (χ3n) is 5.10. The zero-order valence-electron chi connectivity index (χ0n) is 15.8. The number of likely N-dealkylation sites (tertiary alicyclic amines) is 1. The summed E-state index contributed by atoms with van der Waals surface area (Å²) < 4.78 is 23.1. The maximum Gasteiger partial charge on any atom is 0.254 e. The lowest BCUT2D eigenvalue weighted by molar-refractivity contribution is 0.0602. The number of hydrogen-bond acceptors (Lipinski definition) is 3. The molecule has 1 saturated heterocycles. The molecule has 144 valence electrons. The van der Waals surface area contributed by atoms with E-state index in [2.05, 4.69) is 12.1 Å². The van der Waals surface area contributed by atoms with Crippen LogP contribution in [0.15, 0.2) is 54.6 Å². The molecule has 1 amide bonds. The van der Waals surface area contributed by atoms with Gasteiger partial charge in [0.1, 0.15) is 0 Å². The summed E-state index contributed by atoms with van der Waals surface area (Å²) in [6, 6.07) is 17.7. The second kappa shape index (κ2) is 8.70. The molecular formula is C22H27NO3S. The first-order valence-corrected chi connectivity index (χ1v) is 11.6. The molecular weight excluding hydrogens is 358 g/mol. The van der Waals surface area contributed by atoms with E-state index in [0.717, 1.165) is 38.6 Å². The summed E-state index contributed by atoms with van der Waals surface area (Å²) in [7, 11) is -3.12. The molecule has 4 nitrogen and oxygen atoms in total. The molecule has 0 saturated carbocycles. The molecule has 1 atom stereocenters. The predicted molar refractivity (Wildman–Crippen MR) is 108 cm³/mol. The molecule has 0 bridgehead atoms. The first-order chi connectivity index (χ1) is 12.9. The smallest absolute Gasteiger partial charge is 0.254 e. The van der Waals surface area contributed by atoms with Crippen molar-refractivity contribution in [2.24, 2.45) is 0 Å². The van der Waals surface area contributed by atoms with Crippen molar-refractivity contribution in [3.8, 4) is 0 Å². The largest absolute Gasteiger partial charge is 0.336 e. The highest BCUT2D eigenvalue weighted by atomic mass is 32.2. The molecule has 1 aliphatic heterocycles. The van der Waals surface area contributed by atoms with E-state index in [1.807, 2.05) is 23.1 Å². The number of hydrogen-bond donors (Lipinski definition) is 0. The van der Waals surface area contributed by atoms with E-state index in [9.17, 15) is 13.2 Å². The zero-order valence-corrected chi connectivity index (χ0v) is 16.6. The van der Waals surface area contributed by atoms with Gasteiger partial charge in [-0.15, -0.1) is 0 Å². The topological polar surface area (TPSA) is 54.5 Å². The summed E-state index contributed by atoms with van der Waals surface area (Å²) in [6.45, 7) is 0.772. The van der Waals surface area contributed by atoms with Crippen molar-refractivity contribution < 1.29 is 13.2 Å². The number of sulfone groups is 1. The van der Waals surface area contributed by atoms with Crippen molar-refractivity contribution in [3.63, 3.8) is 0 Å². The van der Waals surface area contributed by atoms with Crippen LogP contribution in [0.2, 0.25) is 0 Å². The molecule has 0 aliphatic carbocycles. The average molecular weight is 386 g/mol. The van der Waals surface area contributed by atoms with E-state index in [0.29, 0.717) is 11.1 Å². The molecule has 1 aliphatic rings. The molecule has 3 rings (SSSR count). The van der Waals surface area contributed by atoms with Gasteiger partial charge >= 0.3 is 0 Å². The van der Waals surface area contributed by atoms with Gasteiger partial charge in [0.15, 0.2) is 9.84 Å². The maximum absolute atomic E-state index is 13.1. The van der Waals surface area contributed by atoms with Crippen molar-refractivity contribution in [3.05, 3.63) is 71.3 Å². The predicted octanol–water partition coefficient (Wildman–Crippen LogP) is 3.86. The Labute approximate surface area is 162 Å². The fraction of sp³-hybridized carbons (Fsp3) is 0.409. The fourth-order valence-electron chi connectivity index (χ4n) is 3.81. The Morgan fingerprint density at radius 2 is 1.78 bits per heavy atom. The molecule has 2 aromatic rings. The van der Waals surface area contributed by atoms with Gasteiger partial charge in [-0.1, -0.05) is 42.5 Å². The van der Waals surface area contributed by atoms with E-state index in [1.165, 1.54) is 11.8 Å². The van der Waals surface area contributed by atoms with Crippen LogP contribution in [0.5, 0.6) is 0 Å². The summed E-state index contributed by atoms with van der Waals surface area (Å²) in [6.07, 6.45) is 6.34. The minimum atomic E-state index is -3.12. The summed E-state index contributed by atoms with van der Waals surface area (Å²) in [5.41, 5.74) is 2.55. The first kappa shape index (κ1) is 19.6. The van der Waals surface area contributed by atoms with Gasteiger partial charge in [-0.3, -0.25) is 4.79 Å². The van der Waals surface area contributed by atoms with Crippen LogP contribution in [0.4, 0.5) is 0 Å². The minimum absolute atomic E-state index is 0.0168. The van der Waals surface area contributed by atoms with Crippen LogP contribution in [0.1, 0.15) is 47.2 Å². The standard InChI is InChI=1S/C22H27NO3S/c1-27(25,26)17-19-10-7-11-20(16-19)22(24)23-15-6-5-12-21(23)14-13-18-8-3-2-4-9-18/h2-4,7-11,16,21H,5-6,12-15,17H2,1H3. The highest BCUT2D eigenvalue weighted by molar-refractivity contribution is 7.89. The van der Waals surface area contributed by atoms with Crippen LogP contribution < -0.4 is 0 Å². The van der Waals surface area contributed by atoms with E-state index in [1.54, 1.807) is 24.3 Å². The maximum atomic E-state index is 13.1. The third-order valence-corrected chi connectivity index (χ3v) is 5.96. The van der Waals surface area contributed by atoms with E-state index in [4.69, 9.17) is 0 Å². The van der Waals surface area contributed by atoms with Gasteiger partial charge in [0.05, 0.1) is 5.75 Å². The van der Waals surface area contributed by atoms with E-state index in [-0.39, 0.29) is 17.7 Å². The number of aryl methyl sites for hydroxylation is 1. The van der Waals surface area contributed by atoms with Gasteiger partial charge in [0, 0.05) is 24.4 Å². The Morgan fingerprint density at radius 3 is 2.52 bits per heavy atom. The zero-order chi connectivity index (χ0) is 19.3. The van der Waals surface area contributed by atoms with Gasteiger partial charge in [0.2, 0.25) is 0 Å². The van der Waals surface area contributed by atoms with Gasteiger partial charge in [0.25, 0.3) is 5.91 Å². The molecule has 0 radical (unpaired) electrons. The molecule has 1 unspecified atom stereocenters. The normalized spacial score (nSPS) is 17.7. The summed E-state index contributed by atoms with van der Waals surface area (Å²) in [5, 5.41) is 0. The Balaban J connectivity index is 1.72. The number of carbonyl (C=O) groups is 1. The lowest BCUT2D eigenvalue weighted by Gasteiger charge is -2.36. The summed E-state index contributed by atoms with van der Waals surface area (Å²) in [5.74, 6) is -0.0194. The first-order valence-electron chi connectivity index (χ1n) is 9.54. The molecule has 1 fully saturated rings. The van der Waals surface area contributed by atoms with Crippen molar-refractivity contribution in [2.45, 2.75) is 43.9 Å². The van der Waals surface area contributed by atoms with Crippen molar-refractivity contribution in [1.82, 2.24) is 4.90 Å². The van der Waals surface area contributed by atoms with Gasteiger partial charge in [-0.25, -0.2) is 8.42 Å². The van der Waals surface area contributed by atoms with Gasteiger partial charge in [-0.2, -0.15) is 0 Å². The molecule has 27 heavy (non-hydrogen) atoms. The molecule has 0 N–H and O–H groups in total. The molecule has 1 heterocycles. The Morgan fingerprint density at radius 1 is 1.04 bits per heavy atom. The van der Waals surface area contributed by atoms with Crippen LogP contribution in [0.25, 0.3) is 0 Å². The second-order valence-corrected chi connectivity index (χ2v) is 9.58. The van der Waals surface area contributed by atoms with Crippen LogP contribution in [0.3, 0.4) is 0 Å². The van der Waals surface area contributed by atoms with Crippen molar-refractivity contribution in [1.29, 1.82) is 0 Å². The number of nitrogens with zero attached hydrogens (tertiary/aromatic N) is 1. The lowest BCUT2D eigenvalue weighted by Crippen LogP contribution is -2.44. The number of piperidine rings is 1. The number of amides is 1. The Kier molecular flexibility index (Phi) is 6.32. The number of carbonyl (C=O) groups excluding carboxylic acids is 1. The second-order valence-electron chi connectivity index (χ2n) is 7.44. The van der Waals surface area contributed by atoms with Crippen LogP contribution in [-0.2, 0) is 22.0 Å². The average Bonchev–Trinajstić information content (AvgIpc) is 2.66. The SMILES string of the molecule is CS(=O)(=O)Cc1cccc(C(=O)N2CCCCC2CCc2ccccc2)c1. The number of rotatable bonds is 6. The van der Waals surface area contributed by atoms with E-state index < -0.39 is 9.84 Å². The molecule has 0 aromatic heterocycles. The number of benzene rings is 2. The third kappa shape index (κ3) is 5.67. The fourth-order valence-corrected chi connectivity index (χ4v) is 4.59. The van der Waals surface area contributed by atoms with Gasteiger partial charge in [-0.05, 0) is 55.4 Å². The molecule has 0 spiro atoms.